The van der Waals surface area contributed by atoms with E-state index in [9.17, 15) is 8.42 Å². The maximum absolute atomic E-state index is 11.9. The van der Waals surface area contributed by atoms with E-state index in [-0.39, 0.29) is 5.75 Å². The second-order valence-electron chi connectivity index (χ2n) is 4.13. The summed E-state index contributed by atoms with van der Waals surface area (Å²) >= 11 is 0. The van der Waals surface area contributed by atoms with Gasteiger partial charge in [-0.2, -0.15) is 5.26 Å². The first-order valence-electron chi connectivity index (χ1n) is 6.25. The van der Waals surface area contributed by atoms with Gasteiger partial charge in [-0.15, -0.1) is 0 Å². The molecule has 0 atom stereocenters. The molecular weight excluding hydrogens is 262 g/mol. The zero-order valence-electron chi connectivity index (χ0n) is 11.0. The highest BCUT2D eigenvalue weighted by Crippen LogP contribution is 2.10. The number of hydrogen-bond donors (Lipinski definition) is 2. The van der Waals surface area contributed by atoms with Crippen LogP contribution in [0.3, 0.4) is 0 Å². The third kappa shape index (κ3) is 5.83. The monoisotopic (exact) mass is 281 g/mol. The van der Waals surface area contributed by atoms with E-state index in [1.807, 2.05) is 13.0 Å². The summed E-state index contributed by atoms with van der Waals surface area (Å²) in [6.45, 7) is 4.07. The molecule has 1 aromatic rings. The van der Waals surface area contributed by atoms with Crippen LogP contribution in [0.4, 0.5) is 0 Å². The van der Waals surface area contributed by atoms with Crippen molar-refractivity contribution in [1.29, 1.82) is 5.26 Å². The first-order chi connectivity index (χ1) is 9.09. The van der Waals surface area contributed by atoms with Gasteiger partial charge in [0.05, 0.1) is 17.4 Å². The highest BCUT2D eigenvalue weighted by molar-refractivity contribution is 7.88. The van der Waals surface area contributed by atoms with E-state index < -0.39 is 10.0 Å². The highest BCUT2D eigenvalue weighted by Gasteiger charge is 2.13. The number of nitrogens with zero attached hydrogens (tertiary/aromatic N) is 1. The largest absolute Gasteiger partial charge is 0.317 e. The van der Waals surface area contributed by atoms with Crippen LogP contribution in [0.5, 0.6) is 0 Å². The average molecular weight is 281 g/mol. The molecule has 0 saturated carbocycles. The van der Waals surface area contributed by atoms with Crippen LogP contribution in [0.25, 0.3) is 0 Å². The predicted octanol–water partition coefficient (Wildman–Crippen LogP) is 0.977. The molecule has 0 aliphatic heterocycles. The van der Waals surface area contributed by atoms with Gasteiger partial charge in [-0.05, 0) is 31.1 Å². The van der Waals surface area contributed by atoms with Crippen molar-refractivity contribution in [2.75, 3.05) is 19.6 Å². The van der Waals surface area contributed by atoms with E-state index in [1.54, 1.807) is 24.3 Å². The van der Waals surface area contributed by atoms with Crippen molar-refractivity contribution in [1.82, 2.24) is 10.0 Å². The minimum Gasteiger partial charge on any atom is -0.317 e. The Kier molecular flexibility index (Phi) is 6.50. The standard InChI is InChI=1S/C13H19N3O2S/c1-2-15-8-5-9-16-19(17,18)11-13-7-4-3-6-12(13)10-14/h3-4,6-7,15-16H,2,5,8-9,11H2,1H3. The van der Waals surface area contributed by atoms with Crippen molar-refractivity contribution in [2.24, 2.45) is 0 Å². The Bertz CT molecular complexity index is 535. The normalized spacial score (nSPS) is 11.2. The summed E-state index contributed by atoms with van der Waals surface area (Å²) in [5.74, 6) is -0.155. The molecule has 0 radical (unpaired) electrons. The maximum Gasteiger partial charge on any atom is 0.215 e. The number of benzene rings is 1. The summed E-state index contributed by atoms with van der Waals surface area (Å²) in [4.78, 5) is 0. The van der Waals surface area contributed by atoms with Gasteiger partial charge in [-0.3, -0.25) is 0 Å². The zero-order chi connectivity index (χ0) is 14.1. The van der Waals surface area contributed by atoms with Crippen LogP contribution in [-0.2, 0) is 15.8 Å². The molecule has 104 valence electrons. The molecule has 5 nitrogen and oxygen atoms in total. The molecule has 0 spiro atoms. The molecule has 6 heteroatoms. The minimum atomic E-state index is -3.38. The number of nitrogens with one attached hydrogen (secondary N) is 2. The van der Waals surface area contributed by atoms with Gasteiger partial charge in [0.25, 0.3) is 0 Å². The Hall–Kier alpha value is -1.42. The van der Waals surface area contributed by atoms with Crippen LogP contribution < -0.4 is 10.0 Å². The van der Waals surface area contributed by atoms with E-state index in [2.05, 4.69) is 10.0 Å². The third-order valence-corrected chi connectivity index (χ3v) is 3.92. The molecule has 0 unspecified atom stereocenters. The van der Waals surface area contributed by atoms with Crippen molar-refractivity contribution in [3.63, 3.8) is 0 Å². The van der Waals surface area contributed by atoms with E-state index in [1.165, 1.54) is 0 Å². The van der Waals surface area contributed by atoms with Gasteiger partial charge >= 0.3 is 0 Å². The summed E-state index contributed by atoms with van der Waals surface area (Å²) in [5.41, 5.74) is 0.935. The molecule has 0 aromatic heterocycles. The Morgan fingerprint density at radius 1 is 1.26 bits per heavy atom. The van der Waals surface area contributed by atoms with Gasteiger partial charge < -0.3 is 5.32 Å². The van der Waals surface area contributed by atoms with E-state index in [0.29, 0.717) is 17.7 Å². The van der Waals surface area contributed by atoms with Crippen LogP contribution in [0.1, 0.15) is 24.5 Å². The number of rotatable bonds is 8. The zero-order valence-corrected chi connectivity index (χ0v) is 11.8. The minimum absolute atomic E-state index is 0.155. The number of nitriles is 1. The SMILES string of the molecule is CCNCCCNS(=O)(=O)Cc1ccccc1C#N. The molecule has 0 aliphatic rings. The highest BCUT2D eigenvalue weighted by atomic mass is 32.2. The molecule has 0 heterocycles. The molecule has 1 rings (SSSR count). The van der Waals surface area contributed by atoms with Crippen LogP contribution in [0, 0.1) is 11.3 Å². The van der Waals surface area contributed by atoms with Crippen molar-refractivity contribution >= 4 is 10.0 Å². The number of sulfonamides is 1. The summed E-state index contributed by atoms with van der Waals surface area (Å²) < 4.78 is 26.3. The van der Waals surface area contributed by atoms with Crippen molar-refractivity contribution < 1.29 is 8.42 Å². The second-order valence-corrected chi connectivity index (χ2v) is 5.94. The lowest BCUT2D eigenvalue weighted by Crippen LogP contribution is -2.28. The Balaban J connectivity index is 2.53. The lowest BCUT2D eigenvalue weighted by Gasteiger charge is -2.08. The van der Waals surface area contributed by atoms with Crippen LogP contribution in [0.15, 0.2) is 24.3 Å². The fraction of sp³-hybridized carbons (Fsp3) is 0.462. The molecule has 0 aliphatic carbocycles. The summed E-state index contributed by atoms with van der Waals surface area (Å²) in [6.07, 6.45) is 0.743. The van der Waals surface area contributed by atoms with Gasteiger partial charge in [-0.25, -0.2) is 13.1 Å². The van der Waals surface area contributed by atoms with Crippen LogP contribution >= 0.6 is 0 Å². The Labute approximate surface area is 114 Å². The molecule has 0 fully saturated rings. The van der Waals surface area contributed by atoms with Gasteiger partial charge in [0, 0.05) is 6.54 Å². The average Bonchev–Trinajstić information content (AvgIpc) is 2.38. The van der Waals surface area contributed by atoms with E-state index >= 15 is 0 Å². The van der Waals surface area contributed by atoms with Crippen molar-refractivity contribution in [3.05, 3.63) is 35.4 Å². The molecule has 2 N–H and O–H groups in total. The first kappa shape index (κ1) is 15.6. The summed E-state index contributed by atoms with van der Waals surface area (Å²) in [5, 5.41) is 12.0. The van der Waals surface area contributed by atoms with E-state index in [0.717, 1.165) is 19.5 Å². The first-order valence-corrected chi connectivity index (χ1v) is 7.90. The Morgan fingerprint density at radius 2 is 2.00 bits per heavy atom. The van der Waals surface area contributed by atoms with Crippen LogP contribution in [0.2, 0.25) is 0 Å². The summed E-state index contributed by atoms with van der Waals surface area (Å²) in [7, 11) is -3.38. The van der Waals surface area contributed by atoms with E-state index in [4.69, 9.17) is 5.26 Å². The summed E-state index contributed by atoms with van der Waals surface area (Å²) in [6, 6.07) is 8.74. The van der Waals surface area contributed by atoms with Gasteiger partial charge in [-0.1, -0.05) is 25.1 Å². The molecule has 1 aromatic carbocycles. The predicted molar refractivity (Wildman–Crippen MR) is 74.9 cm³/mol. The lowest BCUT2D eigenvalue weighted by molar-refractivity contribution is 0.574. The quantitative estimate of drug-likeness (QED) is 0.696. The molecular formula is C13H19N3O2S. The second kappa shape index (κ2) is 7.89. The molecule has 0 saturated heterocycles. The fourth-order valence-electron chi connectivity index (χ4n) is 1.63. The Morgan fingerprint density at radius 3 is 2.68 bits per heavy atom. The van der Waals surface area contributed by atoms with Gasteiger partial charge in [0.15, 0.2) is 0 Å². The fourth-order valence-corrected chi connectivity index (χ4v) is 2.85. The van der Waals surface area contributed by atoms with Crippen LogP contribution in [-0.4, -0.2) is 28.1 Å². The van der Waals surface area contributed by atoms with Gasteiger partial charge in [0.1, 0.15) is 0 Å². The number of hydrogen-bond acceptors (Lipinski definition) is 4. The smallest absolute Gasteiger partial charge is 0.215 e. The van der Waals surface area contributed by atoms with Gasteiger partial charge in [0.2, 0.25) is 10.0 Å². The maximum atomic E-state index is 11.9. The molecule has 19 heavy (non-hydrogen) atoms. The molecule has 0 amide bonds. The van der Waals surface area contributed by atoms with Crippen molar-refractivity contribution in [3.8, 4) is 6.07 Å². The topological polar surface area (TPSA) is 82.0 Å². The lowest BCUT2D eigenvalue weighted by atomic mass is 10.1. The third-order valence-electron chi connectivity index (χ3n) is 2.59. The van der Waals surface area contributed by atoms with Crippen molar-refractivity contribution in [2.45, 2.75) is 19.1 Å². The molecule has 0 bridgehead atoms.